The lowest BCUT2D eigenvalue weighted by atomic mass is 9.92. The van der Waals surface area contributed by atoms with Crippen LogP contribution in [0.5, 0.6) is 0 Å². The fourth-order valence-corrected chi connectivity index (χ4v) is 3.04. The second kappa shape index (κ2) is 5.02. The SMILES string of the molecule is Cc1ccc2[nH]ncc2c1-c1c(N)c(C(N)=O)cc2nccnc12. The Kier molecular flexibility index (Phi) is 2.96. The Labute approximate surface area is 136 Å². The molecule has 0 saturated heterocycles. The van der Waals surface area contributed by atoms with Crippen molar-refractivity contribution in [2.75, 3.05) is 5.73 Å². The van der Waals surface area contributed by atoms with Crippen LogP contribution in [0.15, 0.2) is 36.8 Å². The van der Waals surface area contributed by atoms with Gasteiger partial charge in [0.15, 0.2) is 0 Å². The average molecular weight is 318 g/mol. The van der Waals surface area contributed by atoms with Crippen LogP contribution >= 0.6 is 0 Å². The number of rotatable bonds is 2. The smallest absolute Gasteiger partial charge is 0.250 e. The number of carbonyl (C=O) groups is 1. The van der Waals surface area contributed by atoms with Crippen LogP contribution in [0, 0.1) is 6.92 Å². The fraction of sp³-hybridized carbons (Fsp3) is 0.0588. The molecule has 2 aromatic carbocycles. The van der Waals surface area contributed by atoms with E-state index in [4.69, 9.17) is 11.5 Å². The number of H-pyrrole nitrogens is 1. The molecule has 0 bridgehead atoms. The molecule has 2 aromatic heterocycles. The minimum Gasteiger partial charge on any atom is -0.398 e. The van der Waals surface area contributed by atoms with Crippen LogP contribution in [0.2, 0.25) is 0 Å². The molecule has 5 N–H and O–H groups in total. The van der Waals surface area contributed by atoms with E-state index < -0.39 is 5.91 Å². The van der Waals surface area contributed by atoms with Crippen molar-refractivity contribution in [3.8, 4) is 11.1 Å². The van der Waals surface area contributed by atoms with Gasteiger partial charge in [-0.1, -0.05) is 6.07 Å². The van der Waals surface area contributed by atoms with Crippen LogP contribution < -0.4 is 11.5 Å². The highest BCUT2D eigenvalue weighted by atomic mass is 16.1. The molecule has 0 saturated carbocycles. The summed E-state index contributed by atoms with van der Waals surface area (Å²) in [5, 5.41) is 7.94. The number of nitrogens with two attached hydrogens (primary N) is 2. The minimum absolute atomic E-state index is 0.234. The van der Waals surface area contributed by atoms with E-state index in [2.05, 4.69) is 20.2 Å². The number of carbonyl (C=O) groups excluding carboxylic acids is 1. The van der Waals surface area contributed by atoms with E-state index in [-0.39, 0.29) is 5.56 Å². The van der Waals surface area contributed by atoms with Gasteiger partial charge in [-0.2, -0.15) is 5.10 Å². The third-order valence-electron chi connectivity index (χ3n) is 4.15. The van der Waals surface area contributed by atoms with Crippen molar-refractivity contribution in [2.45, 2.75) is 6.92 Å². The molecule has 0 aliphatic carbocycles. The van der Waals surface area contributed by atoms with Crippen molar-refractivity contribution in [3.05, 3.63) is 47.9 Å². The monoisotopic (exact) mass is 318 g/mol. The van der Waals surface area contributed by atoms with Crippen molar-refractivity contribution >= 4 is 33.5 Å². The molecule has 4 aromatic rings. The lowest BCUT2D eigenvalue weighted by Gasteiger charge is -2.15. The molecular weight excluding hydrogens is 304 g/mol. The standard InChI is InChI=1S/C17H14N6O/c1-8-2-3-11-10(7-22-23-11)13(8)14-15(18)9(17(19)24)6-12-16(14)21-5-4-20-12/h2-7H,18H2,1H3,(H2,19,24)(H,22,23). The molecule has 0 aliphatic rings. The Morgan fingerprint density at radius 1 is 1.17 bits per heavy atom. The number of primary amides is 1. The van der Waals surface area contributed by atoms with Gasteiger partial charge in [-0.25, -0.2) is 0 Å². The Hall–Kier alpha value is -3.48. The Morgan fingerprint density at radius 3 is 2.75 bits per heavy atom. The summed E-state index contributed by atoms with van der Waals surface area (Å²) in [6.07, 6.45) is 4.90. The normalized spacial score (nSPS) is 11.2. The molecule has 2 heterocycles. The molecule has 0 unspecified atom stereocenters. The second-order valence-electron chi connectivity index (χ2n) is 5.59. The summed E-state index contributed by atoms with van der Waals surface area (Å²) in [7, 11) is 0. The quantitative estimate of drug-likeness (QED) is 0.489. The number of nitrogens with one attached hydrogen (secondary N) is 1. The average Bonchev–Trinajstić information content (AvgIpc) is 3.04. The first-order valence-electron chi connectivity index (χ1n) is 7.34. The number of benzene rings is 2. The van der Waals surface area contributed by atoms with Gasteiger partial charge in [0.2, 0.25) is 0 Å². The van der Waals surface area contributed by atoms with Crippen LogP contribution in [0.25, 0.3) is 33.1 Å². The van der Waals surface area contributed by atoms with Gasteiger partial charge >= 0.3 is 0 Å². The predicted molar refractivity (Wildman–Crippen MR) is 92.3 cm³/mol. The highest BCUT2D eigenvalue weighted by Crippen LogP contribution is 2.39. The Morgan fingerprint density at radius 2 is 1.96 bits per heavy atom. The third-order valence-corrected chi connectivity index (χ3v) is 4.15. The number of hydrogen-bond donors (Lipinski definition) is 3. The van der Waals surface area contributed by atoms with Crippen molar-refractivity contribution in [2.24, 2.45) is 5.73 Å². The molecule has 1 amide bonds. The molecular formula is C17H14N6O. The maximum Gasteiger partial charge on any atom is 0.250 e. The van der Waals surface area contributed by atoms with Crippen LogP contribution in [0.3, 0.4) is 0 Å². The lowest BCUT2D eigenvalue weighted by Crippen LogP contribution is -2.14. The number of anilines is 1. The Bertz CT molecular complexity index is 1110. The third kappa shape index (κ3) is 1.91. The first-order chi connectivity index (χ1) is 11.6. The van der Waals surface area contributed by atoms with Gasteiger partial charge < -0.3 is 11.5 Å². The lowest BCUT2D eigenvalue weighted by molar-refractivity contribution is 0.100. The number of nitrogens with zero attached hydrogens (tertiary/aromatic N) is 3. The van der Waals surface area contributed by atoms with E-state index in [1.807, 2.05) is 19.1 Å². The number of amides is 1. The molecule has 7 heteroatoms. The summed E-state index contributed by atoms with van der Waals surface area (Å²) in [4.78, 5) is 20.5. The van der Waals surface area contributed by atoms with Crippen molar-refractivity contribution in [1.82, 2.24) is 20.2 Å². The molecule has 7 nitrogen and oxygen atoms in total. The summed E-state index contributed by atoms with van der Waals surface area (Å²) < 4.78 is 0. The first-order valence-corrected chi connectivity index (χ1v) is 7.34. The maximum atomic E-state index is 11.8. The van der Waals surface area contributed by atoms with E-state index in [9.17, 15) is 4.79 Å². The molecule has 0 aliphatic heterocycles. The number of aromatic nitrogens is 4. The molecule has 4 rings (SSSR count). The van der Waals surface area contributed by atoms with Crippen LogP contribution in [-0.2, 0) is 0 Å². The molecule has 118 valence electrons. The number of fused-ring (bicyclic) bond motifs is 2. The first kappa shape index (κ1) is 14.1. The topological polar surface area (TPSA) is 124 Å². The van der Waals surface area contributed by atoms with Gasteiger partial charge in [0.1, 0.15) is 0 Å². The van der Waals surface area contributed by atoms with E-state index in [1.165, 1.54) is 0 Å². The minimum atomic E-state index is -0.599. The van der Waals surface area contributed by atoms with E-state index in [1.54, 1.807) is 24.7 Å². The molecule has 0 atom stereocenters. The number of nitrogen functional groups attached to an aromatic ring is 1. The van der Waals surface area contributed by atoms with Gasteiger partial charge in [0, 0.05) is 23.3 Å². The van der Waals surface area contributed by atoms with Gasteiger partial charge in [0.05, 0.1) is 34.0 Å². The largest absolute Gasteiger partial charge is 0.398 e. The zero-order valence-corrected chi connectivity index (χ0v) is 12.9. The zero-order chi connectivity index (χ0) is 16.8. The number of aryl methyl sites for hydroxylation is 1. The van der Waals surface area contributed by atoms with Crippen LogP contribution in [-0.4, -0.2) is 26.1 Å². The summed E-state index contributed by atoms with van der Waals surface area (Å²) >= 11 is 0. The van der Waals surface area contributed by atoms with Gasteiger partial charge in [-0.3, -0.25) is 19.9 Å². The summed E-state index contributed by atoms with van der Waals surface area (Å²) in [5.74, 6) is -0.599. The van der Waals surface area contributed by atoms with Crippen LogP contribution in [0.4, 0.5) is 5.69 Å². The van der Waals surface area contributed by atoms with E-state index in [0.717, 1.165) is 22.0 Å². The van der Waals surface area contributed by atoms with Gasteiger partial charge in [-0.05, 0) is 30.2 Å². The van der Waals surface area contributed by atoms with Gasteiger partial charge in [-0.15, -0.1) is 0 Å². The fourth-order valence-electron chi connectivity index (χ4n) is 3.04. The summed E-state index contributed by atoms with van der Waals surface area (Å²) in [6.45, 7) is 1.97. The Balaban J connectivity index is 2.24. The van der Waals surface area contributed by atoms with Crippen molar-refractivity contribution in [3.63, 3.8) is 0 Å². The van der Waals surface area contributed by atoms with Crippen molar-refractivity contribution < 1.29 is 4.79 Å². The van der Waals surface area contributed by atoms with Gasteiger partial charge in [0.25, 0.3) is 5.91 Å². The molecule has 24 heavy (non-hydrogen) atoms. The maximum absolute atomic E-state index is 11.8. The summed E-state index contributed by atoms with van der Waals surface area (Å²) in [5.41, 5.74) is 16.9. The van der Waals surface area contributed by atoms with E-state index >= 15 is 0 Å². The molecule has 0 fully saturated rings. The molecule has 0 radical (unpaired) electrons. The number of hydrogen-bond acceptors (Lipinski definition) is 5. The van der Waals surface area contributed by atoms with Crippen LogP contribution in [0.1, 0.15) is 15.9 Å². The highest BCUT2D eigenvalue weighted by Gasteiger charge is 2.20. The molecule has 0 spiro atoms. The zero-order valence-electron chi connectivity index (χ0n) is 12.9. The summed E-state index contributed by atoms with van der Waals surface area (Å²) in [6, 6.07) is 5.49. The van der Waals surface area contributed by atoms with Crippen molar-refractivity contribution in [1.29, 1.82) is 0 Å². The van der Waals surface area contributed by atoms with E-state index in [0.29, 0.717) is 22.3 Å². The second-order valence-corrected chi connectivity index (χ2v) is 5.59. The number of aromatic amines is 1. The highest BCUT2D eigenvalue weighted by molar-refractivity contribution is 6.13. The predicted octanol–water partition coefficient (Wildman–Crippen LogP) is 2.16.